The molecule has 1 aliphatic carbocycles. The largest absolute Gasteiger partial charge is 0.261 e. The molecule has 0 N–H and O–H groups in total. The molecule has 32 heavy (non-hydrogen) atoms. The van der Waals surface area contributed by atoms with Crippen molar-refractivity contribution in [1.82, 2.24) is 9.97 Å². The van der Waals surface area contributed by atoms with Crippen molar-refractivity contribution in [2.24, 2.45) is 5.92 Å². The number of fused-ring (bicyclic) bond motifs is 4. The first kappa shape index (κ1) is 20.9. The molecule has 0 spiro atoms. The standard InChI is InChI=1S/C30H32N2/c1-19(2)12-24-14-21-10-11-22-17-32-29(16-26(22)27(21)18-31-24)23-13-20-8-6-7-9-25(20)28(15-23)30(3,4)5/h6-9,13-19H,10-12H2,1-5H3. The van der Waals surface area contributed by atoms with Crippen LogP contribution in [-0.2, 0) is 24.7 Å². The van der Waals surface area contributed by atoms with E-state index in [-0.39, 0.29) is 5.41 Å². The minimum Gasteiger partial charge on any atom is -0.261 e. The van der Waals surface area contributed by atoms with E-state index in [1.165, 1.54) is 49.8 Å². The van der Waals surface area contributed by atoms with Gasteiger partial charge in [-0.05, 0) is 87.9 Å². The minimum absolute atomic E-state index is 0.0627. The summed E-state index contributed by atoms with van der Waals surface area (Å²) >= 11 is 0. The van der Waals surface area contributed by atoms with Crippen molar-refractivity contribution < 1.29 is 0 Å². The zero-order chi connectivity index (χ0) is 22.5. The monoisotopic (exact) mass is 420 g/mol. The molecule has 0 saturated carbocycles. The molecule has 1 aliphatic rings. The third-order valence-corrected chi connectivity index (χ3v) is 6.57. The third kappa shape index (κ3) is 3.83. The Morgan fingerprint density at radius 1 is 0.844 bits per heavy atom. The van der Waals surface area contributed by atoms with Gasteiger partial charge in [0, 0.05) is 29.2 Å². The predicted molar refractivity (Wildman–Crippen MR) is 135 cm³/mol. The highest BCUT2D eigenvalue weighted by atomic mass is 14.7. The normalized spacial score (nSPS) is 13.3. The van der Waals surface area contributed by atoms with Crippen LogP contribution >= 0.6 is 0 Å². The Hall–Kier alpha value is -3.00. The lowest BCUT2D eigenvalue weighted by Crippen LogP contribution is -2.12. The van der Waals surface area contributed by atoms with E-state index in [9.17, 15) is 0 Å². The first-order chi connectivity index (χ1) is 15.3. The zero-order valence-electron chi connectivity index (χ0n) is 19.9. The highest BCUT2D eigenvalue weighted by molar-refractivity contribution is 5.91. The molecule has 0 saturated heterocycles. The van der Waals surface area contributed by atoms with Crippen LogP contribution in [0.4, 0.5) is 0 Å². The van der Waals surface area contributed by atoms with Gasteiger partial charge in [0.05, 0.1) is 5.69 Å². The zero-order valence-corrected chi connectivity index (χ0v) is 19.9. The summed E-state index contributed by atoms with van der Waals surface area (Å²) in [6, 6.07) is 17.9. The van der Waals surface area contributed by atoms with Gasteiger partial charge in [-0.1, -0.05) is 58.9 Å². The average Bonchev–Trinajstić information content (AvgIpc) is 2.76. The maximum atomic E-state index is 4.90. The first-order valence-electron chi connectivity index (χ1n) is 11.8. The molecule has 162 valence electrons. The molecule has 4 aromatic rings. The molecule has 0 bridgehead atoms. The number of aryl methyl sites for hydroxylation is 2. The van der Waals surface area contributed by atoms with Crippen LogP contribution in [0, 0.1) is 5.92 Å². The maximum Gasteiger partial charge on any atom is 0.0708 e. The quantitative estimate of drug-likeness (QED) is 0.342. The van der Waals surface area contributed by atoms with Gasteiger partial charge in [0.1, 0.15) is 0 Å². The lowest BCUT2D eigenvalue weighted by molar-refractivity contribution is 0.596. The van der Waals surface area contributed by atoms with Crippen LogP contribution in [-0.4, -0.2) is 9.97 Å². The highest BCUT2D eigenvalue weighted by Gasteiger charge is 2.21. The molecular formula is C30H32N2. The van der Waals surface area contributed by atoms with E-state index in [2.05, 4.69) is 95.5 Å². The lowest BCUT2D eigenvalue weighted by Gasteiger charge is -2.23. The molecule has 0 atom stereocenters. The van der Waals surface area contributed by atoms with Crippen LogP contribution in [0.25, 0.3) is 33.2 Å². The maximum absolute atomic E-state index is 4.90. The number of hydrogen-bond donors (Lipinski definition) is 0. The van der Waals surface area contributed by atoms with E-state index in [0.717, 1.165) is 25.0 Å². The van der Waals surface area contributed by atoms with E-state index < -0.39 is 0 Å². The smallest absolute Gasteiger partial charge is 0.0708 e. The second kappa shape index (κ2) is 7.85. The fourth-order valence-electron chi connectivity index (χ4n) is 4.97. The predicted octanol–water partition coefficient (Wildman–Crippen LogP) is 7.56. The van der Waals surface area contributed by atoms with Gasteiger partial charge in [-0.25, -0.2) is 0 Å². The lowest BCUT2D eigenvalue weighted by atomic mass is 9.82. The third-order valence-electron chi connectivity index (χ3n) is 6.57. The molecule has 0 aliphatic heterocycles. The second-order valence-electron chi connectivity index (χ2n) is 10.7. The van der Waals surface area contributed by atoms with Crippen molar-refractivity contribution in [2.75, 3.05) is 0 Å². The van der Waals surface area contributed by atoms with Crippen LogP contribution in [0.5, 0.6) is 0 Å². The van der Waals surface area contributed by atoms with Crippen LogP contribution < -0.4 is 0 Å². The molecule has 2 heteroatoms. The fraction of sp³-hybridized carbons (Fsp3) is 0.333. The van der Waals surface area contributed by atoms with Crippen molar-refractivity contribution in [2.45, 2.75) is 59.3 Å². The van der Waals surface area contributed by atoms with Gasteiger partial charge in [0.2, 0.25) is 0 Å². The Labute approximate surface area is 191 Å². The molecular weight excluding hydrogens is 388 g/mol. The molecule has 2 nitrogen and oxygen atoms in total. The van der Waals surface area contributed by atoms with Crippen LogP contribution in [0.15, 0.2) is 60.9 Å². The van der Waals surface area contributed by atoms with E-state index in [1.807, 2.05) is 0 Å². The molecule has 5 rings (SSSR count). The summed E-state index contributed by atoms with van der Waals surface area (Å²) in [5, 5.41) is 2.60. The Kier molecular flexibility index (Phi) is 5.12. The number of nitrogens with zero attached hydrogens (tertiary/aromatic N) is 2. The van der Waals surface area contributed by atoms with Crippen LogP contribution in [0.1, 0.15) is 57.0 Å². The van der Waals surface area contributed by atoms with Gasteiger partial charge in [-0.2, -0.15) is 0 Å². The Bertz CT molecular complexity index is 1310. The number of rotatable bonds is 3. The summed E-state index contributed by atoms with van der Waals surface area (Å²) in [6.45, 7) is 11.4. The number of hydrogen-bond acceptors (Lipinski definition) is 2. The van der Waals surface area contributed by atoms with Gasteiger partial charge < -0.3 is 0 Å². The number of pyridine rings is 2. The minimum atomic E-state index is 0.0627. The van der Waals surface area contributed by atoms with Gasteiger partial charge in [0.25, 0.3) is 0 Å². The Balaban J connectivity index is 1.63. The number of benzene rings is 2. The molecule has 2 heterocycles. The number of aromatic nitrogens is 2. The summed E-state index contributed by atoms with van der Waals surface area (Å²) in [6.07, 6.45) is 7.33. The SMILES string of the molecule is CC(C)Cc1cc2c(cn1)-c1cc(-c3cc(C(C)(C)C)c4ccccc4c3)ncc1CC2. The average molecular weight is 421 g/mol. The van der Waals surface area contributed by atoms with Crippen LogP contribution in [0.3, 0.4) is 0 Å². The van der Waals surface area contributed by atoms with Crippen molar-refractivity contribution in [3.63, 3.8) is 0 Å². The molecule has 0 amide bonds. The van der Waals surface area contributed by atoms with Crippen molar-refractivity contribution in [3.8, 4) is 22.4 Å². The summed E-state index contributed by atoms with van der Waals surface area (Å²) in [5.41, 5.74) is 10.2. The van der Waals surface area contributed by atoms with E-state index in [0.29, 0.717) is 5.92 Å². The summed E-state index contributed by atoms with van der Waals surface area (Å²) in [5.74, 6) is 0.622. The van der Waals surface area contributed by atoms with Crippen molar-refractivity contribution >= 4 is 10.8 Å². The van der Waals surface area contributed by atoms with Crippen LogP contribution in [0.2, 0.25) is 0 Å². The fourth-order valence-corrected chi connectivity index (χ4v) is 4.97. The first-order valence-corrected chi connectivity index (χ1v) is 11.8. The van der Waals surface area contributed by atoms with E-state index >= 15 is 0 Å². The molecule has 0 fully saturated rings. The summed E-state index contributed by atoms with van der Waals surface area (Å²) in [4.78, 5) is 9.70. The summed E-state index contributed by atoms with van der Waals surface area (Å²) < 4.78 is 0. The van der Waals surface area contributed by atoms with Gasteiger partial charge in [-0.3, -0.25) is 9.97 Å². The van der Waals surface area contributed by atoms with Gasteiger partial charge >= 0.3 is 0 Å². The molecule has 2 aromatic heterocycles. The molecule has 0 radical (unpaired) electrons. The van der Waals surface area contributed by atoms with Crippen molar-refractivity contribution in [3.05, 3.63) is 83.3 Å². The Morgan fingerprint density at radius 2 is 1.62 bits per heavy atom. The van der Waals surface area contributed by atoms with E-state index in [1.54, 1.807) is 0 Å². The Morgan fingerprint density at radius 3 is 2.41 bits per heavy atom. The second-order valence-corrected chi connectivity index (χ2v) is 10.7. The van der Waals surface area contributed by atoms with Crippen molar-refractivity contribution in [1.29, 1.82) is 0 Å². The summed E-state index contributed by atoms with van der Waals surface area (Å²) in [7, 11) is 0. The highest BCUT2D eigenvalue weighted by Crippen LogP contribution is 2.38. The van der Waals surface area contributed by atoms with Gasteiger partial charge in [0.15, 0.2) is 0 Å². The van der Waals surface area contributed by atoms with Gasteiger partial charge in [-0.15, -0.1) is 0 Å². The molecule has 2 aromatic carbocycles. The van der Waals surface area contributed by atoms with E-state index in [4.69, 9.17) is 9.97 Å². The topological polar surface area (TPSA) is 25.8 Å². The molecule has 0 unspecified atom stereocenters.